The first-order valence-corrected chi connectivity index (χ1v) is 8.02. The number of rotatable bonds is 8. The minimum atomic E-state index is 0.240. The molecule has 0 aromatic heterocycles. The monoisotopic (exact) mass is 286 g/mol. The van der Waals surface area contributed by atoms with Gasteiger partial charge >= 0.3 is 0 Å². The quantitative estimate of drug-likeness (QED) is 0.693. The number of ether oxygens (including phenoxy) is 2. The van der Waals surface area contributed by atoms with Gasteiger partial charge in [-0.1, -0.05) is 34.6 Å². The van der Waals surface area contributed by atoms with Gasteiger partial charge in [-0.2, -0.15) is 0 Å². The van der Waals surface area contributed by atoms with Gasteiger partial charge in [0.05, 0.1) is 19.3 Å². The summed E-state index contributed by atoms with van der Waals surface area (Å²) < 4.78 is 11.5. The topological polar surface area (TPSA) is 33.7 Å². The zero-order chi connectivity index (χ0) is 15.0. The molecule has 1 saturated heterocycles. The van der Waals surface area contributed by atoms with Gasteiger partial charge in [0.2, 0.25) is 0 Å². The van der Waals surface area contributed by atoms with E-state index < -0.39 is 0 Å². The van der Waals surface area contributed by atoms with Gasteiger partial charge in [-0.15, -0.1) is 0 Å². The molecule has 1 fully saturated rings. The molecule has 0 aliphatic carbocycles. The van der Waals surface area contributed by atoms with Gasteiger partial charge in [-0.25, -0.2) is 0 Å². The Morgan fingerprint density at radius 2 is 2.10 bits per heavy atom. The summed E-state index contributed by atoms with van der Waals surface area (Å²) in [5.41, 5.74) is 0.352. The first-order chi connectivity index (χ1) is 9.37. The van der Waals surface area contributed by atoms with Crippen LogP contribution in [-0.4, -0.2) is 63.0 Å². The molecular weight excluding hydrogens is 252 g/mol. The Morgan fingerprint density at radius 1 is 1.35 bits per heavy atom. The van der Waals surface area contributed by atoms with Crippen LogP contribution in [0.5, 0.6) is 0 Å². The Labute approximate surface area is 125 Å². The van der Waals surface area contributed by atoms with Crippen molar-refractivity contribution in [1.82, 2.24) is 10.2 Å². The molecular formula is C16H34N2O2. The van der Waals surface area contributed by atoms with Gasteiger partial charge in [-0.05, 0) is 18.4 Å². The number of hydrogen-bond donors (Lipinski definition) is 1. The van der Waals surface area contributed by atoms with Crippen molar-refractivity contribution >= 4 is 0 Å². The summed E-state index contributed by atoms with van der Waals surface area (Å²) in [6.45, 7) is 17.8. The van der Waals surface area contributed by atoms with Gasteiger partial charge in [0.15, 0.2) is 0 Å². The average molecular weight is 286 g/mol. The van der Waals surface area contributed by atoms with E-state index in [1.165, 1.54) is 0 Å². The SMILES string of the molecule is CC(C)NCCCOC[C@H]1CN(CC(C)(C)C)CCO1. The third-order valence-electron chi connectivity index (χ3n) is 3.24. The Bertz CT molecular complexity index is 251. The molecule has 0 unspecified atom stereocenters. The molecule has 4 nitrogen and oxygen atoms in total. The van der Waals surface area contributed by atoms with Crippen molar-refractivity contribution in [2.45, 2.75) is 53.2 Å². The van der Waals surface area contributed by atoms with E-state index >= 15 is 0 Å². The molecule has 0 spiro atoms. The molecule has 0 aromatic carbocycles. The van der Waals surface area contributed by atoms with Crippen LogP contribution in [-0.2, 0) is 9.47 Å². The molecule has 120 valence electrons. The highest BCUT2D eigenvalue weighted by atomic mass is 16.5. The molecule has 4 heteroatoms. The van der Waals surface area contributed by atoms with Crippen molar-refractivity contribution in [1.29, 1.82) is 0 Å². The average Bonchev–Trinajstić information content (AvgIpc) is 2.31. The van der Waals surface area contributed by atoms with Crippen LogP contribution >= 0.6 is 0 Å². The van der Waals surface area contributed by atoms with Crippen molar-refractivity contribution in [2.75, 3.05) is 46.0 Å². The van der Waals surface area contributed by atoms with E-state index in [1.54, 1.807) is 0 Å². The Kier molecular flexibility index (Phi) is 8.03. The fourth-order valence-electron chi connectivity index (χ4n) is 2.48. The van der Waals surface area contributed by atoms with Crippen LogP contribution in [0, 0.1) is 5.41 Å². The molecule has 1 rings (SSSR count). The van der Waals surface area contributed by atoms with E-state index in [4.69, 9.17) is 9.47 Å². The molecule has 0 amide bonds. The van der Waals surface area contributed by atoms with E-state index in [-0.39, 0.29) is 6.10 Å². The maximum Gasteiger partial charge on any atom is 0.0935 e. The van der Waals surface area contributed by atoms with Crippen LogP contribution in [0.3, 0.4) is 0 Å². The fourth-order valence-corrected chi connectivity index (χ4v) is 2.48. The lowest BCUT2D eigenvalue weighted by Gasteiger charge is -2.36. The van der Waals surface area contributed by atoms with Crippen LogP contribution in [0.4, 0.5) is 0 Å². The summed E-state index contributed by atoms with van der Waals surface area (Å²) >= 11 is 0. The summed E-state index contributed by atoms with van der Waals surface area (Å²) in [4.78, 5) is 2.50. The normalized spacial score (nSPS) is 21.6. The molecule has 0 bridgehead atoms. The molecule has 1 aliphatic rings. The lowest BCUT2D eigenvalue weighted by molar-refractivity contribution is -0.0746. The number of nitrogens with one attached hydrogen (secondary N) is 1. The number of morpholine rings is 1. The molecule has 1 atom stereocenters. The summed E-state index contributed by atoms with van der Waals surface area (Å²) in [6, 6.07) is 0.558. The zero-order valence-electron chi connectivity index (χ0n) is 14.1. The van der Waals surface area contributed by atoms with E-state index in [9.17, 15) is 0 Å². The van der Waals surface area contributed by atoms with Gasteiger partial charge in [0.1, 0.15) is 0 Å². The summed E-state index contributed by atoms with van der Waals surface area (Å²) in [6.07, 6.45) is 1.31. The van der Waals surface area contributed by atoms with Crippen LogP contribution in [0.25, 0.3) is 0 Å². The van der Waals surface area contributed by atoms with Crippen molar-refractivity contribution in [2.24, 2.45) is 5.41 Å². The van der Waals surface area contributed by atoms with E-state index in [0.29, 0.717) is 11.5 Å². The standard InChI is InChI=1S/C16H34N2O2/c1-14(2)17-7-6-9-19-12-15-11-18(8-10-20-15)13-16(3,4)5/h14-15,17H,6-13H2,1-5H3/t15-/m1/s1. The van der Waals surface area contributed by atoms with E-state index in [2.05, 4.69) is 44.8 Å². The second-order valence-corrected chi connectivity index (χ2v) is 7.33. The van der Waals surface area contributed by atoms with Gasteiger partial charge in [-0.3, -0.25) is 4.90 Å². The lowest BCUT2D eigenvalue weighted by Crippen LogP contribution is -2.47. The lowest BCUT2D eigenvalue weighted by atomic mass is 9.96. The molecule has 0 saturated carbocycles. The summed E-state index contributed by atoms with van der Waals surface area (Å²) in [5, 5.41) is 3.40. The first kappa shape index (κ1) is 17.9. The summed E-state index contributed by atoms with van der Waals surface area (Å²) in [5.74, 6) is 0. The maximum absolute atomic E-state index is 5.79. The maximum atomic E-state index is 5.79. The Balaban J connectivity index is 2.08. The predicted octanol–water partition coefficient (Wildman–Crippen LogP) is 2.14. The smallest absolute Gasteiger partial charge is 0.0935 e. The molecule has 0 radical (unpaired) electrons. The highest BCUT2D eigenvalue weighted by molar-refractivity contribution is 4.75. The third-order valence-corrected chi connectivity index (χ3v) is 3.24. The van der Waals surface area contributed by atoms with Crippen LogP contribution < -0.4 is 5.32 Å². The number of nitrogens with zero attached hydrogens (tertiary/aromatic N) is 1. The third kappa shape index (κ3) is 8.90. The highest BCUT2D eigenvalue weighted by Gasteiger charge is 2.24. The van der Waals surface area contributed by atoms with Gasteiger partial charge < -0.3 is 14.8 Å². The largest absolute Gasteiger partial charge is 0.379 e. The second kappa shape index (κ2) is 8.98. The van der Waals surface area contributed by atoms with Crippen molar-refractivity contribution in [3.8, 4) is 0 Å². The highest BCUT2D eigenvalue weighted by Crippen LogP contribution is 2.17. The van der Waals surface area contributed by atoms with E-state index in [0.717, 1.165) is 52.4 Å². The van der Waals surface area contributed by atoms with E-state index in [1.807, 2.05) is 0 Å². The van der Waals surface area contributed by atoms with Crippen LogP contribution in [0.2, 0.25) is 0 Å². The molecule has 1 N–H and O–H groups in total. The van der Waals surface area contributed by atoms with Crippen LogP contribution in [0.15, 0.2) is 0 Å². The Hall–Kier alpha value is -0.160. The second-order valence-electron chi connectivity index (χ2n) is 7.33. The minimum Gasteiger partial charge on any atom is -0.379 e. The van der Waals surface area contributed by atoms with Crippen molar-refractivity contribution in [3.63, 3.8) is 0 Å². The Morgan fingerprint density at radius 3 is 2.75 bits per heavy atom. The first-order valence-electron chi connectivity index (χ1n) is 8.02. The van der Waals surface area contributed by atoms with Crippen molar-refractivity contribution < 1.29 is 9.47 Å². The number of hydrogen-bond acceptors (Lipinski definition) is 4. The van der Waals surface area contributed by atoms with Gasteiger partial charge in [0, 0.05) is 32.3 Å². The van der Waals surface area contributed by atoms with Gasteiger partial charge in [0.25, 0.3) is 0 Å². The minimum absolute atomic E-state index is 0.240. The molecule has 1 heterocycles. The zero-order valence-corrected chi connectivity index (χ0v) is 14.1. The summed E-state index contributed by atoms with van der Waals surface area (Å²) in [7, 11) is 0. The molecule has 1 aliphatic heterocycles. The molecule has 20 heavy (non-hydrogen) atoms. The van der Waals surface area contributed by atoms with Crippen LogP contribution in [0.1, 0.15) is 41.0 Å². The van der Waals surface area contributed by atoms with Crippen molar-refractivity contribution in [3.05, 3.63) is 0 Å². The molecule has 0 aromatic rings. The fraction of sp³-hybridized carbons (Fsp3) is 1.00. The predicted molar refractivity (Wildman–Crippen MR) is 84.2 cm³/mol.